The third-order valence-corrected chi connectivity index (χ3v) is 3.23. The molecule has 19 heavy (non-hydrogen) atoms. The highest BCUT2D eigenvalue weighted by Crippen LogP contribution is 2.18. The number of ether oxygens (including phenoxy) is 1. The minimum absolute atomic E-state index is 0.135. The van der Waals surface area contributed by atoms with Gasteiger partial charge in [0.05, 0.1) is 13.5 Å². The number of methoxy groups -OCH3 is 1. The summed E-state index contributed by atoms with van der Waals surface area (Å²) in [7, 11) is 1.34. The Morgan fingerprint density at radius 1 is 1.42 bits per heavy atom. The predicted octanol–water partition coefficient (Wildman–Crippen LogP) is 0.625. The van der Waals surface area contributed by atoms with E-state index < -0.39 is 0 Å². The van der Waals surface area contributed by atoms with E-state index in [4.69, 9.17) is 0 Å². The summed E-state index contributed by atoms with van der Waals surface area (Å²) >= 11 is 0. The molecule has 0 aliphatic carbocycles. The van der Waals surface area contributed by atoms with Crippen LogP contribution in [0.4, 0.5) is 0 Å². The molecule has 2 rings (SSSR count). The number of rotatable bonds is 4. The van der Waals surface area contributed by atoms with Crippen LogP contribution in [0.3, 0.4) is 0 Å². The smallest absolute Gasteiger partial charge is 0.307 e. The average Bonchev–Trinajstić information content (AvgIpc) is 2.46. The predicted molar refractivity (Wildman–Crippen MR) is 70.8 cm³/mol. The molecule has 1 aromatic carbocycles. The monoisotopic (exact) mass is 262 g/mol. The molecule has 0 saturated carbocycles. The average molecular weight is 262 g/mol. The maximum absolute atomic E-state index is 12.1. The molecule has 1 aromatic rings. The summed E-state index contributed by atoms with van der Waals surface area (Å²) < 4.78 is 4.53. The lowest BCUT2D eigenvalue weighted by atomic mass is 9.95. The molecule has 1 aliphatic heterocycles. The van der Waals surface area contributed by atoms with E-state index >= 15 is 0 Å². The van der Waals surface area contributed by atoms with E-state index in [0.717, 1.165) is 25.1 Å². The van der Waals surface area contributed by atoms with E-state index in [0.29, 0.717) is 12.1 Å². The molecule has 0 aromatic heterocycles. The first-order valence-corrected chi connectivity index (χ1v) is 6.39. The van der Waals surface area contributed by atoms with Crippen molar-refractivity contribution in [3.8, 4) is 0 Å². The van der Waals surface area contributed by atoms with Crippen LogP contribution in [0.25, 0.3) is 0 Å². The van der Waals surface area contributed by atoms with Gasteiger partial charge in [-0.05, 0) is 30.2 Å². The summed E-state index contributed by atoms with van der Waals surface area (Å²) in [5.74, 6) is -0.457. The van der Waals surface area contributed by atoms with Gasteiger partial charge in [0.1, 0.15) is 0 Å². The molecule has 0 unspecified atom stereocenters. The van der Waals surface area contributed by atoms with Crippen molar-refractivity contribution in [2.24, 2.45) is 0 Å². The summed E-state index contributed by atoms with van der Waals surface area (Å²) in [6.07, 6.45) is 1.13. The largest absolute Gasteiger partial charge is 0.469 e. The van der Waals surface area contributed by atoms with Gasteiger partial charge in [0.25, 0.3) is 5.91 Å². The zero-order valence-corrected chi connectivity index (χ0v) is 11.0. The van der Waals surface area contributed by atoms with Crippen molar-refractivity contribution in [3.63, 3.8) is 0 Å². The Labute approximate surface area is 112 Å². The highest BCUT2D eigenvalue weighted by molar-refractivity contribution is 5.96. The molecule has 102 valence electrons. The zero-order chi connectivity index (χ0) is 13.7. The van der Waals surface area contributed by atoms with Crippen LogP contribution in [0.1, 0.15) is 27.9 Å². The third-order valence-electron chi connectivity index (χ3n) is 3.23. The van der Waals surface area contributed by atoms with Crippen molar-refractivity contribution in [2.75, 3.05) is 20.2 Å². The highest BCUT2D eigenvalue weighted by atomic mass is 16.5. The number of fused-ring (bicyclic) bond motifs is 1. The van der Waals surface area contributed by atoms with Crippen LogP contribution in [-0.4, -0.2) is 32.1 Å². The van der Waals surface area contributed by atoms with E-state index in [1.807, 2.05) is 12.1 Å². The van der Waals surface area contributed by atoms with Crippen LogP contribution in [0.15, 0.2) is 18.2 Å². The Hall–Kier alpha value is -1.88. The lowest BCUT2D eigenvalue weighted by Crippen LogP contribution is -2.31. The van der Waals surface area contributed by atoms with Crippen molar-refractivity contribution >= 4 is 11.9 Å². The summed E-state index contributed by atoms with van der Waals surface area (Å²) in [6.45, 7) is 1.96. The van der Waals surface area contributed by atoms with Crippen molar-refractivity contribution in [1.29, 1.82) is 0 Å². The molecule has 1 heterocycles. The van der Waals surface area contributed by atoms with Crippen LogP contribution in [0, 0.1) is 0 Å². The Morgan fingerprint density at radius 2 is 2.26 bits per heavy atom. The van der Waals surface area contributed by atoms with Gasteiger partial charge in [-0.2, -0.15) is 0 Å². The summed E-state index contributed by atoms with van der Waals surface area (Å²) in [5, 5.41) is 6.01. The van der Waals surface area contributed by atoms with E-state index in [1.54, 1.807) is 0 Å². The highest BCUT2D eigenvalue weighted by Gasteiger charge is 2.17. The number of nitrogens with one attached hydrogen (secondary N) is 2. The first-order chi connectivity index (χ1) is 9.22. The minimum Gasteiger partial charge on any atom is -0.469 e. The Morgan fingerprint density at radius 3 is 3.05 bits per heavy atom. The second kappa shape index (κ2) is 6.33. The second-order valence-electron chi connectivity index (χ2n) is 4.45. The molecular weight excluding hydrogens is 244 g/mol. The molecule has 2 N–H and O–H groups in total. The van der Waals surface area contributed by atoms with Crippen LogP contribution in [-0.2, 0) is 22.5 Å². The van der Waals surface area contributed by atoms with Gasteiger partial charge in [0.15, 0.2) is 0 Å². The molecular formula is C14H18N2O3. The minimum atomic E-state index is -0.322. The maximum Gasteiger partial charge on any atom is 0.307 e. The first-order valence-electron chi connectivity index (χ1n) is 6.39. The second-order valence-corrected chi connectivity index (χ2v) is 4.45. The number of amides is 1. The third kappa shape index (κ3) is 3.32. The van der Waals surface area contributed by atoms with Gasteiger partial charge in [0, 0.05) is 18.7 Å². The Bertz CT molecular complexity index is 486. The van der Waals surface area contributed by atoms with Gasteiger partial charge in [-0.3, -0.25) is 9.59 Å². The van der Waals surface area contributed by atoms with E-state index in [1.165, 1.54) is 12.7 Å². The SMILES string of the molecule is COC(=O)CCNC(=O)c1cccc2c1CNCC2. The van der Waals surface area contributed by atoms with Crippen LogP contribution in [0.5, 0.6) is 0 Å². The fourth-order valence-electron chi connectivity index (χ4n) is 2.20. The fourth-order valence-corrected chi connectivity index (χ4v) is 2.20. The topological polar surface area (TPSA) is 67.4 Å². The summed E-state index contributed by atoms with van der Waals surface area (Å²) in [5.41, 5.74) is 2.97. The zero-order valence-electron chi connectivity index (χ0n) is 11.0. The number of hydrogen-bond donors (Lipinski definition) is 2. The van der Waals surface area contributed by atoms with E-state index in [2.05, 4.69) is 21.4 Å². The lowest BCUT2D eigenvalue weighted by molar-refractivity contribution is -0.140. The fraction of sp³-hybridized carbons (Fsp3) is 0.429. The molecule has 0 radical (unpaired) electrons. The van der Waals surface area contributed by atoms with Crippen molar-refractivity contribution < 1.29 is 14.3 Å². The number of benzene rings is 1. The molecule has 0 atom stereocenters. The normalized spacial score (nSPS) is 13.5. The van der Waals surface area contributed by atoms with Crippen molar-refractivity contribution in [2.45, 2.75) is 19.4 Å². The van der Waals surface area contributed by atoms with Crippen molar-refractivity contribution in [3.05, 3.63) is 34.9 Å². The molecule has 0 saturated heterocycles. The number of esters is 1. The van der Waals surface area contributed by atoms with E-state index in [9.17, 15) is 9.59 Å². The van der Waals surface area contributed by atoms with Gasteiger partial charge < -0.3 is 15.4 Å². The Balaban J connectivity index is 2.01. The van der Waals surface area contributed by atoms with Crippen LogP contribution < -0.4 is 10.6 Å². The van der Waals surface area contributed by atoms with E-state index in [-0.39, 0.29) is 18.3 Å². The van der Waals surface area contributed by atoms with Crippen LogP contribution in [0.2, 0.25) is 0 Å². The molecule has 0 spiro atoms. The molecule has 0 fully saturated rings. The first kappa shape index (κ1) is 13.5. The number of hydrogen-bond acceptors (Lipinski definition) is 4. The van der Waals surface area contributed by atoms with Gasteiger partial charge >= 0.3 is 5.97 Å². The molecule has 1 aliphatic rings. The van der Waals surface area contributed by atoms with Gasteiger partial charge in [-0.25, -0.2) is 0 Å². The molecule has 1 amide bonds. The Kier molecular flexibility index (Phi) is 4.52. The maximum atomic E-state index is 12.1. The molecule has 5 heteroatoms. The standard InChI is InChI=1S/C14H18N2O3/c1-19-13(17)6-8-16-14(18)11-4-2-3-10-5-7-15-9-12(10)11/h2-4,15H,5-9H2,1H3,(H,16,18). The van der Waals surface area contributed by atoms with Gasteiger partial charge in [0.2, 0.25) is 0 Å². The van der Waals surface area contributed by atoms with Crippen LogP contribution >= 0.6 is 0 Å². The lowest BCUT2D eigenvalue weighted by Gasteiger charge is -2.19. The summed E-state index contributed by atoms with van der Waals surface area (Å²) in [4.78, 5) is 23.1. The molecule has 0 bridgehead atoms. The molecule has 5 nitrogen and oxygen atoms in total. The summed E-state index contributed by atoms with van der Waals surface area (Å²) in [6, 6.07) is 5.78. The number of carbonyl (C=O) groups is 2. The number of carbonyl (C=O) groups excluding carboxylic acids is 2. The van der Waals surface area contributed by atoms with Gasteiger partial charge in [-0.1, -0.05) is 12.1 Å². The van der Waals surface area contributed by atoms with Crippen molar-refractivity contribution in [1.82, 2.24) is 10.6 Å². The van der Waals surface area contributed by atoms with Gasteiger partial charge in [-0.15, -0.1) is 0 Å². The quantitative estimate of drug-likeness (QED) is 0.781.